The zero-order valence-corrected chi connectivity index (χ0v) is 16.9. The SMILES string of the molecule is C[C@@H](N=Cc1cccc([C@@H]2C[C@H]3CC[C@]2(C)C3(C)C)c1O)c1ccccc1. The van der Waals surface area contributed by atoms with Gasteiger partial charge < -0.3 is 5.11 Å². The van der Waals surface area contributed by atoms with Crippen molar-refractivity contribution in [1.82, 2.24) is 0 Å². The van der Waals surface area contributed by atoms with Crippen LogP contribution in [0.2, 0.25) is 0 Å². The van der Waals surface area contributed by atoms with Gasteiger partial charge in [-0.2, -0.15) is 0 Å². The number of rotatable bonds is 4. The minimum atomic E-state index is 0.0770. The molecule has 0 radical (unpaired) electrons. The summed E-state index contributed by atoms with van der Waals surface area (Å²) in [6.45, 7) is 9.37. The maximum atomic E-state index is 11.1. The van der Waals surface area contributed by atoms with E-state index in [1.165, 1.54) is 24.8 Å². The molecule has 0 unspecified atom stereocenters. The fourth-order valence-corrected chi connectivity index (χ4v) is 5.65. The summed E-state index contributed by atoms with van der Waals surface area (Å²) in [5.41, 5.74) is 3.74. The van der Waals surface area contributed by atoms with Crippen LogP contribution in [0.4, 0.5) is 0 Å². The van der Waals surface area contributed by atoms with Crippen molar-refractivity contribution in [3.05, 3.63) is 65.2 Å². The fraction of sp³-hybridized carbons (Fsp3) is 0.480. The quantitative estimate of drug-likeness (QED) is 0.619. The third kappa shape index (κ3) is 2.81. The van der Waals surface area contributed by atoms with E-state index in [1.54, 1.807) is 0 Å². The summed E-state index contributed by atoms with van der Waals surface area (Å²) in [6, 6.07) is 16.5. The number of hydrogen-bond donors (Lipinski definition) is 1. The molecule has 4 rings (SSSR count). The summed E-state index contributed by atoms with van der Waals surface area (Å²) in [6.07, 6.45) is 5.63. The van der Waals surface area contributed by atoms with E-state index >= 15 is 0 Å². The number of fused-ring (bicyclic) bond motifs is 2. The molecule has 4 atom stereocenters. The van der Waals surface area contributed by atoms with E-state index in [1.807, 2.05) is 30.5 Å². The van der Waals surface area contributed by atoms with E-state index in [0.29, 0.717) is 17.1 Å². The van der Waals surface area contributed by atoms with E-state index < -0.39 is 0 Å². The monoisotopic (exact) mass is 361 g/mol. The first kappa shape index (κ1) is 18.3. The molecule has 27 heavy (non-hydrogen) atoms. The van der Waals surface area contributed by atoms with E-state index in [-0.39, 0.29) is 11.5 Å². The normalized spacial score (nSPS) is 30.1. The van der Waals surface area contributed by atoms with Crippen molar-refractivity contribution < 1.29 is 5.11 Å². The Morgan fingerprint density at radius 1 is 1.07 bits per heavy atom. The number of nitrogens with zero attached hydrogens (tertiary/aromatic N) is 1. The topological polar surface area (TPSA) is 32.6 Å². The Hall–Kier alpha value is -2.09. The van der Waals surface area contributed by atoms with Crippen molar-refractivity contribution >= 4 is 6.21 Å². The van der Waals surface area contributed by atoms with Crippen molar-refractivity contribution in [2.24, 2.45) is 21.7 Å². The lowest BCUT2D eigenvalue weighted by Gasteiger charge is -2.39. The molecule has 2 nitrogen and oxygen atoms in total. The number of benzene rings is 2. The van der Waals surface area contributed by atoms with Gasteiger partial charge in [-0.3, -0.25) is 4.99 Å². The molecule has 2 saturated carbocycles. The Labute approximate surface area is 163 Å². The zero-order chi connectivity index (χ0) is 19.2. The maximum absolute atomic E-state index is 11.1. The second-order valence-electron chi connectivity index (χ2n) is 9.31. The van der Waals surface area contributed by atoms with Crippen molar-refractivity contribution in [2.45, 2.75) is 58.9 Å². The summed E-state index contributed by atoms with van der Waals surface area (Å²) in [5.74, 6) is 1.63. The van der Waals surface area contributed by atoms with E-state index in [9.17, 15) is 5.11 Å². The molecule has 2 aromatic rings. The molecule has 2 bridgehead atoms. The van der Waals surface area contributed by atoms with Crippen molar-refractivity contribution in [3.63, 3.8) is 0 Å². The predicted octanol–water partition coefficient (Wildman–Crippen LogP) is 6.50. The lowest BCUT2D eigenvalue weighted by atomic mass is 9.65. The first-order valence-electron chi connectivity index (χ1n) is 10.2. The Bertz CT molecular complexity index is 854. The second kappa shape index (κ2) is 6.51. The van der Waals surface area contributed by atoms with Gasteiger partial charge in [0.25, 0.3) is 0 Å². The third-order valence-corrected chi connectivity index (χ3v) is 7.99. The van der Waals surface area contributed by atoms with Gasteiger partial charge in [0.2, 0.25) is 0 Å². The molecule has 2 heteroatoms. The molecule has 0 saturated heterocycles. The smallest absolute Gasteiger partial charge is 0.127 e. The average Bonchev–Trinajstić information content (AvgIpc) is 3.01. The summed E-state index contributed by atoms with van der Waals surface area (Å²) < 4.78 is 0. The highest BCUT2D eigenvalue weighted by Gasteiger charge is 2.61. The van der Waals surface area contributed by atoms with Gasteiger partial charge in [0.05, 0.1) is 6.04 Å². The Morgan fingerprint density at radius 2 is 1.81 bits per heavy atom. The molecule has 2 aromatic carbocycles. The van der Waals surface area contributed by atoms with Crippen molar-refractivity contribution in [3.8, 4) is 5.75 Å². The van der Waals surface area contributed by atoms with Crippen LogP contribution in [0.3, 0.4) is 0 Å². The molecule has 0 spiro atoms. The standard InChI is InChI=1S/C25H31NO/c1-17(18-9-6-5-7-10-18)26-16-19-11-8-12-21(23(19)27)22-15-20-13-14-25(22,4)24(20,2)3/h5-12,16-17,20,22,27H,13-15H2,1-4H3/t17-,20-,22+,25+/m1/s1. The van der Waals surface area contributed by atoms with Crippen LogP contribution in [0, 0.1) is 16.7 Å². The van der Waals surface area contributed by atoms with Crippen LogP contribution in [0.5, 0.6) is 5.75 Å². The highest BCUT2D eigenvalue weighted by molar-refractivity contribution is 5.84. The largest absolute Gasteiger partial charge is 0.507 e. The van der Waals surface area contributed by atoms with Gasteiger partial charge in [-0.15, -0.1) is 0 Å². The molecule has 142 valence electrons. The van der Waals surface area contributed by atoms with Crippen LogP contribution in [0.1, 0.15) is 75.6 Å². The maximum Gasteiger partial charge on any atom is 0.127 e. The predicted molar refractivity (Wildman–Crippen MR) is 113 cm³/mol. The molecule has 1 N–H and O–H groups in total. The number of aliphatic imine (C=N–C) groups is 1. The zero-order valence-electron chi connectivity index (χ0n) is 16.9. The Balaban J connectivity index is 1.62. The molecule has 0 aliphatic heterocycles. The highest BCUT2D eigenvalue weighted by Crippen LogP contribution is 2.71. The minimum Gasteiger partial charge on any atom is -0.507 e. The summed E-state index contributed by atoms with van der Waals surface area (Å²) in [5, 5.41) is 11.1. The van der Waals surface area contributed by atoms with Gasteiger partial charge in [0, 0.05) is 11.8 Å². The third-order valence-electron chi connectivity index (χ3n) is 7.99. The van der Waals surface area contributed by atoms with Gasteiger partial charge in [0.15, 0.2) is 0 Å². The Kier molecular flexibility index (Phi) is 4.41. The highest BCUT2D eigenvalue weighted by atomic mass is 16.3. The number of phenols is 1. The van der Waals surface area contributed by atoms with Crippen LogP contribution < -0.4 is 0 Å². The van der Waals surface area contributed by atoms with Crippen LogP contribution in [-0.4, -0.2) is 11.3 Å². The first-order valence-corrected chi connectivity index (χ1v) is 10.2. The van der Waals surface area contributed by atoms with Crippen molar-refractivity contribution in [2.75, 3.05) is 0 Å². The van der Waals surface area contributed by atoms with Crippen LogP contribution in [-0.2, 0) is 0 Å². The fourth-order valence-electron chi connectivity index (χ4n) is 5.65. The molecule has 0 aromatic heterocycles. The van der Waals surface area contributed by atoms with E-state index in [4.69, 9.17) is 4.99 Å². The lowest BCUT2D eigenvalue weighted by molar-refractivity contribution is 0.133. The van der Waals surface area contributed by atoms with Gasteiger partial charge >= 0.3 is 0 Å². The van der Waals surface area contributed by atoms with Crippen LogP contribution in [0.15, 0.2) is 53.5 Å². The summed E-state index contributed by atoms with van der Waals surface area (Å²) >= 11 is 0. The average molecular weight is 362 g/mol. The van der Waals surface area contributed by atoms with Gasteiger partial charge in [-0.25, -0.2) is 0 Å². The van der Waals surface area contributed by atoms with Crippen LogP contribution >= 0.6 is 0 Å². The van der Waals surface area contributed by atoms with Gasteiger partial charge in [-0.05, 0) is 66.0 Å². The molecular formula is C25H31NO. The number of para-hydroxylation sites is 1. The number of aromatic hydroxyl groups is 1. The van der Waals surface area contributed by atoms with Gasteiger partial charge in [-0.1, -0.05) is 63.2 Å². The molecule has 2 fully saturated rings. The van der Waals surface area contributed by atoms with E-state index in [2.05, 4.69) is 52.0 Å². The molecule has 0 amide bonds. The van der Waals surface area contributed by atoms with Gasteiger partial charge in [0.1, 0.15) is 5.75 Å². The lowest BCUT2D eigenvalue weighted by Crippen LogP contribution is -2.31. The van der Waals surface area contributed by atoms with Crippen LogP contribution in [0.25, 0.3) is 0 Å². The molecule has 2 aliphatic rings. The summed E-state index contributed by atoms with van der Waals surface area (Å²) in [4.78, 5) is 4.70. The number of phenolic OH excluding ortho intramolecular Hbond substituents is 1. The Morgan fingerprint density at radius 3 is 2.44 bits per heavy atom. The molecular weight excluding hydrogens is 330 g/mol. The minimum absolute atomic E-state index is 0.0770. The number of hydrogen-bond acceptors (Lipinski definition) is 2. The van der Waals surface area contributed by atoms with E-state index in [0.717, 1.165) is 17.0 Å². The second-order valence-corrected chi connectivity index (χ2v) is 9.31. The first-order chi connectivity index (χ1) is 12.8. The molecule has 2 aliphatic carbocycles. The molecule has 0 heterocycles. The summed E-state index contributed by atoms with van der Waals surface area (Å²) in [7, 11) is 0. The van der Waals surface area contributed by atoms with Crippen molar-refractivity contribution in [1.29, 1.82) is 0 Å².